The van der Waals surface area contributed by atoms with Gasteiger partial charge in [0.25, 0.3) is 0 Å². The summed E-state index contributed by atoms with van der Waals surface area (Å²) >= 11 is 0. The second-order valence-electron chi connectivity index (χ2n) is 6.24. The highest BCUT2D eigenvalue weighted by atomic mass is 32.2. The van der Waals surface area contributed by atoms with Crippen LogP contribution in [0.3, 0.4) is 0 Å². The van der Waals surface area contributed by atoms with Crippen molar-refractivity contribution >= 4 is 10.0 Å². The van der Waals surface area contributed by atoms with Gasteiger partial charge in [-0.05, 0) is 30.7 Å². The second-order valence-corrected chi connectivity index (χ2v) is 8.18. The number of ether oxygens (including phenoxy) is 3. The third-order valence-electron chi connectivity index (χ3n) is 4.40. The molecule has 4 rings (SSSR count). The first-order chi connectivity index (χ1) is 12.6. The Labute approximate surface area is 152 Å². The Balaban J connectivity index is 1.49. The molecule has 3 heterocycles. The van der Waals surface area contributed by atoms with E-state index < -0.39 is 10.0 Å². The Morgan fingerprint density at radius 2 is 2.00 bits per heavy atom. The molecule has 1 aromatic heterocycles. The van der Waals surface area contributed by atoms with Crippen LogP contribution in [0.4, 0.5) is 0 Å². The Morgan fingerprint density at radius 3 is 2.81 bits per heavy atom. The number of pyridine rings is 1. The number of rotatable bonds is 4. The van der Waals surface area contributed by atoms with Crippen molar-refractivity contribution in [3.63, 3.8) is 0 Å². The van der Waals surface area contributed by atoms with E-state index in [9.17, 15) is 8.42 Å². The van der Waals surface area contributed by atoms with Gasteiger partial charge in [-0.25, -0.2) is 8.42 Å². The molecule has 2 aromatic rings. The summed E-state index contributed by atoms with van der Waals surface area (Å²) < 4.78 is 44.4. The normalized spacial score (nSPS) is 20.5. The number of hydrogen-bond acceptors (Lipinski definition) is 6. The molecular formula is C18H20N2O5S. The van der Waals surface area contributed by atoms with Gasteiger partial charge in [-0.2, -0.15) is 4.31 Å². The highest BCUT2D eigenvalue weighted by Crippen LogP contribution is 2.33. The van der Waals surface area contributed by atoms with Crippen LogP contribution in [0.5, 0.6) is 17.2 Å². The SMILES string of the molecule is O=S(=O)(c1ccc2c(c1)OCCCO2)N1CC[C@@H](Oc2cccnc2)C1. The van der Waals surface area contributed by atoms with E-state index in [1.807, 2.05) is 6.07 Å². The van der Waals surface area contributed by atoms with E-state index >= 15 is 0 Å². The number of nitrogens with zero attached hydrogens (tertiary/aromatic N) is 2. The summed E-state index contributed by atoms with van der Waals surface area (Å²) in [6.07, 6.45) is 4.52. The molecule has 0 unspecified atom stereocenters. The van der Waals surface area contributed by atoms with Gasteiger partial charge in [0.15, 0.2) is 11.5 Å². The Kier molecular flexibility index (Phi) is 4.69. The van der Waals surface area contributed by atoms with Crippen molar-refractivity contribution in [3.8, 4) is 17.2 Å². The maximum atomic E-state index is 13.0. The summed E-state index contributed by atoms with van der Waals surface area (Å²) in [5, 5.41) is 0. The van der Waals surface area contributed by atoms with Crippen LogP contribution in [-0.2, 0) is 10.0 Å². The van der Waals surface area contributed by atoms with Crippen LogP contribution in [0.2, 0.25) is 0 Å². The standard InChI is InChI=1S/C18H20N2O5S/c21-26(22,16-4-5-17-18(11-16)24-10-2-9-23-17)20-8-6-15(13-20)25-14-3-1-7-19-12-14/h1,3-5,7,11-12,15H,2,6,8-10,13H2/t15-/m1/s1. The first kappa shape index (κ1) is 17.1. The molecule has 1 atom stereocenters. The topological polar surface area (TPSA) is 78.0 Å². The van der Waals surface area contributed by atoms with Crippen LogP contribution in [-0.4, -0.2) is 50.1 Å². The van der Waals surface area contributed by atoms with E-state index in [1.54, 1.807) is 36.7 Å². The average molecular weight is 376 g/mol. The Morgan fingerprint density at radius 1 is 1.15 bits per heavy atom. The summed E-state index contributed by atoms with van der Waals surface area (Å²) in [5.41, 5.74) is 0. The highest BCUT2D eigenvalue weighted by molar-refractivity contribution is 7.89. The van der Waals surface area contributed by atoms with Gasteiger partial charge in [-0.15, -0.1) is 0 Å². The first-order valence-corrected chi connectivity index (χ1v) is 10.0. The molecule has 0 N–H and O–H groups in total. The fourth-order valence-electron chi connectivity index (χ4n) is 3.07. The lowest BCUT2D eigenvalue weighted by Crippen LogP contribution is -2.31. The Hall–Kier alpha value is -2.32. The van der Waals surface area contributed by atoms with Crippen LogP contribution in [0.25, 0.3) is 0 Å². The van der Waals surface area contributed by atoms with E-state index in [4.69, 9.17) is 14.2 Å². The fourth-order valence-corrected chi connectivity index (χ4v) is 4.58. The van der Waals surface area contributed by atoms with E-state index in [2.05, 4.69) is 4.98 Å². The fraction of sp³-hybridized carbons (Fsp3) is 0.389. The summed E-state index contributed by atoms with van der Waals surface area (Å²) in [6, 6.07) is 8.38. The summed E-state index contributed by atoms with van der Waals surface area (Å²) in [5.74, 6) is 1.71. The Bertz CT molecular complexity index is 872. The quantitative estimate of drug-likeness (QED) is 0.813. The summed E-state index contributed by atoms with van der Waals surface area (Å²) in [7, 11) is -3.61. The molecule has 0 bridgehead atoms. The van der Waals surface area contributed by atoms with Crippen LogP contribution in [0, 0.1) is 0 Å². The summed E-state index contributed by atoms with van der Waals surface area (Å²) in [4.78, 5) is 4.22. The maximum absolute atomic E-state index is 13.0. The molecule has 0 amide bonds. The predicted octanol–water partition coefficient (Wildman–Crippen LogP) is 2.08. The number of hydrogen-bond donors (Lipinski definition) is 0. The van der Waals surface area contributed by atoms with Crippen molar-refractivity contribution in [2.75, 3.05) is 26.3 Å². The number of sulfonamides is 1. The number of aromatic nitrogens is 1. The molecule has 1 saturated heterocycles. The lowest BCUT2D eigenvalue weighted by Gasteiger charge is -2.18. The van der Waals surface area contributed by atoms with E-state index in [0.717, 1.165) is 6.42 Å². The largest absolute Gasteiger partial charge is 0.490 e. The van der Waals surface area contributed by atoms with Gasteiger partial charge in [0.05, 0.1) is 30.9 Å². The van der Waals surface area contributed by atoms with Crippen LogP contribution >= 0.6 is 0 Å². The maximum Gasteiger partial charge on any atom is 0.243 e. The smallest absolute Gasteiger partial charge is 0.243 e. The van der Waals surface area contributed by atoms with Gasteiger partial charge < -0.3 is 14.2 Å². The molecule has 26 heavy (non-hydrogen) atoms. The van der Waals surface area contributed by atoms with E-state index in [1.165, 1.54) is 4.31 Å². The zero-order valence-corrected chi connectivity index (χ0v) is 15.0. The number of benzene rings is 1. The molecule has 0 spiro atoms. The minimum Gasteiger partial charge on any atom is -0.490 e. The zero-order valence-electron chi connectivity index (χ0n) is 14.2. The molecule has 1 fully saturated rings. The molecule has 0 aliphatic carbocycles. The average Bonchev–Trinajstić information content (AvgIpc) is 2.99. The first-order valence-electron chi connectivity index (χ1n) is 8.59. The molecule has 0 radical (unpaired) electrons. The third-order valence-corrected chi connectivity index (χ3v) is 6.26. The van der Waals surface area contributed by atoms with Gasteiger partial charge in [0.1, 0.15) is 11.9 Å². The summed E-state index contributed by atoms with van der Waals surface area (Å²) in [6.45, 7) is 1.81. The van der Waals surface area contributed by atoms with Crippen LogP contribution in [0.15, 0.2) is 47.6 Å². The van der Waals surface area contributed by atoms with Crippen molar-refractivity contribution in [3.05, 3.63) is 42.7 Å². The van der Waals surface area contributed by atoms with Gasteiger partial charge >= 0.3 is 0 Å². The van der Waals surface area contributed by atoms with Crippen LogP contribution < -0.4 is 14.2 Å². The van der Waals surface area contributed by atoms with Gasteiger partial charge in [-0.3, -0.25) is 4.98 Å². The monoisotopic (exact) mass is 376 g/mol. The minimum absolute atomic E-state index is 0.186. The van der Waals surface area contributed by atoms with E-state index in [0.29, 0.717) is 50.0 Å². The predicted molar refractivity (Wildman–Crippen MR) is 94.1 cm³/mol. The van der Waals surface area contributed by atoms with Crippen LogP contribution in [0.1, 0.15) is 12.8 Å². The molecule has 2 aliphatic rings. The molecule has 1 aromatic carbocycles. The second kappa shape index (κ2) is 7.13. The zero-order chi connectivity index (χ0) is 18.0. The van der Waals surface area contributed by atoms with E-state index in [-0.39, 0.29) is 11.0 Å². The van der Waals surface area contributed by atoms with Crippen molar-refractivity contribution in [1.29, 1.82) is 0 Å². The lowest BCUT2D eigenvalue weighted by atomic mass is 10.3. The number of fused-ring (bicyclic) bond motifs is 1. The van der Waals surface area contributed by atoms with Gasteiger partial charge in [0.2, 0.25) is 10.0 Å². The molecule has 138 valence electrons. The third kappa shape index (κ3) is 3.47. The van der Waals surface area contributed by atoms with Crippen molar-refractivity contribution in [2.45, 2.75) is 23.8 Å². The molecule has 0 saturated carbocycles. The van der Waals surface area contributed by atoms with Gasteiger partial charge in [-0.1, -0.05) is 0 Å². The molecule has 8 heteroatoms. The van der Waals surface area contributed by atoms with Crippen molar-refractivity contribution < 1.29 is 22.6 Å². The molecule has 7 nitrogen and oxygen atoms in total. The highest BCUT2D eigenvalue weighted by Gasteiger charge is 2.34. The molecular weight excluding hydrogens is 356 g/mol. The van der Waals surface area contributed by atoms with Crippen molar-refractivity contribution in [1.82, 2.24) is 9.29 Å². The van der Waals surface area contributed by atoms with Gasteiger partial charge in [0, 0.05) is 25.2 Å². The minimum atomic E-state index is -3.61. The van der Waals surface area contributed by atoms with Crippen molar-refractivity contribution in [2.24, 2.45) is 0 Å². The molecule has 2 aliphatic heterocycles. The lowest BCUT2D eigenvalue weighted by molar-refractivity contribution is 0.214.